The number of methoxy groups -OCH3 is 1. The molecule has 0 bridgehead atoms. The third-order valence-electron chi connectivity index (χ3n) is 11.2. The molecule has 5 heterocycles. The number of esters is 1. The minimum Gasteiger partial charge on any atom is -0.438 e. The summed E-state index contributed by atoms with van der Waals surface area (Å²) in [5, 5.41) is 6.87. The van der Waals surface area contributed by atoms with Crippen LogP contribution in [0, 0.1) is 11.2 Å². The smallest absolute Gasteiger partial charge is 0.312 e. The van der Waals surface area contributed by atoms with Crippen molar-refractivity contribution in [3.8, 4) is 11.1 Å². The number of likely N-dealkylation sites (N-methyl/N-ethyl adjacent to an activating group) is 1. The summed E-state index contributed by atoms with van der Waals surface area (Å²) in [7, 11) is 2.86. The Hall–Kier alpha value is -6.00. The lowest BCUT2D eigenvalue weighted by Crippen LogP contribution is -2.53. The number of fused-ring (bicyclic) bond motifs is 2. The molecule has 1 atom stereocenters. The lowest BCUT2D eigenvalue weighted by atomic mass is 9.98. The van der Waals surface area contributed by atoms with E-state index in [0.717, 1.165) is 71.1 Å². The summed E-state index contributed by atoms with van der Waals surface area (Å²) >= 11 is 0. The second kappa shape index (κ2) is 19.6. The summed E-state index contributed by atoms with van der Waals surface area (Å²) in [6.07, 6.45) is 7.14. The fraction of sp³-hybridized carbons (Fsp3) is 0.444. The first-order valence-corrected chi connectivity index (χ1v) is 20.6. The number of para-hydroxylation sites is 1. The van der Waals surface area contributed by atoms with E-state index in [0.29, 0.717) is 38.5 Å². The lowest BCUT2D eigenvalue weighted by Gasteiger charge is -2.44. The third-order valence-corrected chi connectivity index (χ3v) is 11.2. The van der Waals surface area contributed by atoms with Gasteiger partial charge >= 0.3 is 5.97 Å². The van der Waals surface area contributed by atoms with Gasteiger partial charge in [0, 0.05) is 94.3 Å². The Morgan fingerprint density at radius 3 is 2.21 bits per heavy atom. The van der Waals surface area contributed by atoms with Crippen molar-refractivity contribution >= 4 is 53.2 Å². The van der Waals surface area contributed by atoms with Crippen LogP contribution in [0.25, 0.3) is 16.6 Å². The minimum absolute atomic E-state index is 0.00973. The standard InChI is InChI=1S/C40H44FN7O7.C5H10O/c1-42-38(51)34(8-5-19-49)48-39(52)30-22-32(41)36(23-31(30)40(48)53)46-17-15-44(16-18-46)28-10-12-45(13-11-28)33-7-4-3-6-29(33)26-9-14-47-35(20-26)27(24-43-47)21-37(50)55-25-54-2;1-5(2,3)4-6/h3-4,6-7,9,14,19-20,22-24,28,34H,5,8,10-13,15-18,21,25H2,1-2H3,(H,42,51);4H,1-3H3. The number of carbonyl (C=O) groups is 6. The number of aldehydes is 2. The van der Waals surface area contributed by atoms with Crippen molar-refractivity contribution in [2.45, 2.75) is 65.0 Å². The van der Waals surface area contributed by atoms with Crippen molar-refractivity contribution in [1.82, 2.24) is 24.7 Å². The van der Waals surface area contributed by atoms with Gasteiger partial charge in [0.1, 0.15) is 24.4 Å². The summed E-state index contributed by atoms with van der Waals surface area (Å²) in [5.74, 6) is -2.95. The highest BCUT2D eigenvalue weighted by Gasteiger charge is 2.43. The SMILES string of the molecule is CC(C)(C)C=O.CNC(=O)C(CCC=O)N1C(=O)c2cc(F)c(N3CCN(C4CCN(c5ccccc5-c5ccn6ncc(CC(=O)OCOC)c6c5)CC4)CC3)cc2C1=O. The molecule has 1 N–H and O–H groups in total. The van der Waals surface area contributed by atoms with Crippen LogP contribution in [-0.2, 0) is 35.1 Å². The summed E-state index contributed by atoms with van der Waals surface area (Å²) in [4.78, 5) is 80.0. The van der Waals surface area contributed by atoms with Gasteiger partial charge in [-0.1, -0.05) is 39.0 Å². The molecule has 3 amide bonds. The molecule has 7 rings (SSSR count). The number of hydrogen-bond donors (Lipinski definition) is 1. The van der Waals surface area contributed by atoms with E-state index in [2.05, 4.69) is 38.4 Å². The number of amides is 3. The molecule has 2 aromatic carbocycles. The zero-order valence-electron chi connectivity index (χ0n) is 35.4. The second-order valence-electron chi connectivity index (χ2n) is 16.5. The van der Waals surface area contributed by atoms with E-state index >= 15 is 4.39 Å². The number of ether oxygens (including phenoxy) is 2. The van der Waals surface area contributed by atoms with E-state index in [4.69, 9.17) is 9.47 Å². The fourth-order valence-corrected chi connectivity index (χ4v) is 8.02. The zero-order chi connectivity index (χ0) is 43.8. The Balaban J connectivity index is 0.000000967. The van der Waals surface area contributed by atoms with Crippen LogP contribution in [0.5, 0.6) is 0 Å². The molecule has 15 nitrogen and oxygen atoms in total. The van der Waals surface area contributed by atoms with Crippen LogP contribution in [0.2, 0.25) is 0 Å². The van der Waals surface area contributed by atoms with Crippen LogP contribution >= 0.6 is 0 Å². The van der Waals surface area contributed by atoms with Gasteiger partial charge in [0.2, 0.25) is 5.91 Å². The number of rotatable bonds is 13. The monoisotopic (exact) mass is 839 g/mol. The number of piperazine rings is 1. The number of hydrogen-bond acceptors (Lipinski definition) is 12. The topological polar surface area (TPSA) is 163 Å². The molecule has 61 heavy (non-hydrogen) atoms. The third kappa shape index (κ3) is 10.1. The van der Waals surface area contributed by atoms with Gasteiger partial charge in [0.25, 0.3) is 11.8 Å². The summed E-state index contributed by atoms with van der Waals surface area (Å²) < 4.78 is 27.3. The van der Waals surface area contributed by atoms with Crippen LogP contribution in [0.15, 0.2) is 60.9 Å². The molecule has 4 aromatic rings. The molecular formula is C45H54FN7O8. The average Bonchev–Trinajstić information content (AvgIpc) is 3.78. The number of benzene rings is 2. The average molecular weight is 840 g/mol. The van der Waals surface area contributed by atoms with E-state index in [-0.39, 0.29) is 54.3 Å². The van der Waals surface area contributed by atoms with Crippen LogP contribution in [0.1, 0.15) is 72.7 Å². The summed E-state index contributed by atoms with van der Waals surface area (Å²) in [6, 6.07) is 14.1. The zero-order valence-corrected chi connectivity index (χ0v) is 35.4. The number of anilines is 2. The largest absolute Gasteiger partial charge is 0.438 e. The molecular weight excluding hydrogens is 786 g/mol. The molecule has 2 saturated heterocycles. The second-order valence-corrected chi connectivity index (χ2v) is 16.5. The number of piperidine rings is 1. The van der Waals surface area contributed by atoms with Crippen molar-refractivity contribution in [3.63, 3.8) is 0 Å². The molecule has 2 fully saturated rings. The van der Waals surface area contributed by atoms with Crippen LogP contribution < -0.4 is 15.1 Å². The van der Waals surface area contributed by atoms with E-state index in [1.165, 1.54) is 20.2 Å². The van der Waals surface area contributed by atoms with Gasteiger partial charge in [0.15, 0.2) is 6.79 Å². The maximum Gasteiger partial charge on any atom is 0.312 e. The molecule has 0 aliphatic carbocycles. The highest BCUT2D eigenvalue weighted by atomic mass is 19.1. The van der Waals surface area contributed by atoms with Crippen LogP contribution in [0.3, 0.4) is 0 Å². The molecule has 2 aromatic heterocycles. The van der Waals surface area contributed by atoms with Gasteiger partial charge in [0.05, 0.1) is 34.9 Å². The van der Waals surface area contributed by atoms with Crippen molar-refractivity contribution in [3.05, 3.63) is 83.4 Å². The molecule has 0 spiro atoms. The first-order valence-electron chi connectivity index (χ1n) is 20.6. The van der Waals surface area contributed by atoms with Crippen molar-refractivity contribution in [2.24, 2.45) is 5.41 Å². The Bertz CT molecular complexity index is 2260. The Kier molecular flexibility index (Phi) is 14.3. The molecule has 3 aliphatic heterocycles. The van der Waals surface area contributed by atoms with E-state index in [1.807, 2.05) is 50.1 Å². The summed E-state index contributed by atoms with van der Waals surface area (Å²) in [5.41, 5.74) is 4.96. The highest BCUT2D eigenvalue weighted by molar-refractivity contribution is 6.23. The molecule has 324 valence electrons. The molecule has 1 unspecified atom stereocenters. The minimum atomic E-state index is -1.16. The normalized spacial score (nSPS) is 16.5. The Morgan fingerprint density at radius 2 is 1.57 bits per heavy atom. The number of aromatic nitrogens is 2. The van der Waals surface area contributed by atoms with Crippen molar-refractivity contribution < 1.29 is 42.6 Å². The van der Waals surface area contributed by atoms with Gasteiger partial charge in [-0.3, -0.25) is 29.0 Å². The van der Waals surface area contributed by atoms with E-state index in [9.17, 15) is 28.8 Å². The van der Waals surface area contributed by atoms with Crippen molar-refractivity contribution in [1.29, 1.82) is 0 Å². The molecule has 3 aliphatic rings. The maximum atomic E-state index is 15.6. The Morgan fingerprint density at radius 1 is 0.918 bits per heavy atom. The number of nitrogens with zero attached hydrogens (tertiary/aromatic N) is 6. The Labute approximate surface area is 354 Å². The van der Waals surface area contributed by atoms with Gasteiger partial charge < -0.3 is 34.2 Å². The first kappa shape index (κ1) is 44.5. The number of halogens is 1. The van der Waals surface area contributed by atoms with Crippen LogP contribution in [0.4, 0.5) is 15.8 Å². The van der Waals surface area contributed by atoms with Crippen molar-refractivity contribution in [2.75, 3.05) is 70.0 Å². The first-order chi connectivity index (χ1) is 29.3. The molecule has 16 heteroatoms. The highest BCUT2D eigenvalue weighted by Crippen LogP contribution is 2.36. The number of nitrogens with one attached hydrogen (secondary N) is 1. The number of imide groups is 1. The van der Waals surface area contributed by atoms with Crippen LogP contribution in [-0.4, -0.2) is 128 Å². The van der Waals surface area contributed by atoms with E-state index < -0.39 is 29.6 Å². The van der Waals surface area contributed by atoms with Gasteiger partial charge in [-0.2, -0.15) is 5.10 Å². The predicted molar refractivity (Wildman–Crippen MR) is 227 cm³/mol. The maximum absolute atomic E-state index is 15.6. The molecule has 0 saturated carbocycles. The van der Waals surface area contributed by atoms with Gasteiger partial charge in [-0.25, -0.2) is 8.91 Å². The quantitative estimate of drug-likeness (QED) is 0.0868. The molecule has 0 radical (unpaired) electrons. The van der Waals surface area contributed by atoms with Gasteiger partial charge in [-0.15, -0.1) is 0 Å². The fourth-order valence-electron chi connectivity index (χ4n) is 8.02. The van der Waals surface area contributed by atoms with Gasteiger partial charge in [-0.05, 0) is 55.2 Å². The number of pyridine rings is 1. The number of carbonyl (C=O) groups excluding carboxylic acids is 6. The van der Waals surface area contributed by atoms with E-state index in [1.54, 1.807) is 10.7 Å². The summed E-state index contributed by atoms with van der Waals surface area (Å²) in [6.45, 7) is 9.79. The lowest BCUT2D eigenvalue weighted by molar-refractivity contribution is -0.153. The predicted octanol–water partition coefficient (Wildman–Crippen LogP) is 4.54.